The molecule has 0 aliphatic carbocycles. The van der Waals surface area contributed by atoms with Crippen molar-refractivity contribution in [3.8, 4) is 0 Å². The van der Waals surface area contributed by atoms with Gasteiger partial charge in [-0.15, -0.1) is 22.7 Å². The summed E-state index contributed by atoms with van der Waals surface area (Å²) in [5.41, 5.74) is 6.89. The van der Waals surface area contributed by atoms with Gasteiger partial charge in [0.05, 0.1) is 0 Å². The van der Waals surface area contributed by atoms with E-state index in [0.717, 1.165) is 34.1 Å². The van der Waals surface area contributed by atoms with Gasteiger partial charge in [-0.05, 0) is 91.0 Å². The van der Waals surface area contributed by atoms with Crippen LogP contribution in [0.1, 0.15) is 0 Å². The Morgan fingerprint density at radius 1 is 0.261 bits per heavy atom. The first-order valence-corrected chi connectivity index (χ1v) is 17.1. The highest BCUT2D eigenvalue weighted by atomic mass is 32.1. The van der Waals surface area contributed by atoms with Gasteiger partial charge < -0.3 is 9.80 Å². The molecule has 0 unspecified atom stereocenters. The van der Waals surface area contributed by atoms with Crippen molar-refractivity contribution in [2.45, 2.75) is 0 Å². The topological polar surface area (TPSA) is 6.48 Å². The fourth-order valence-corrected chi connectivity index (χ4v) is 8.72. The minimum atomic E-state index is 1.14. The predicted molar refractivity (Wildman–Crippen MR) is 202 cm³/mol. The van der Waals surface area contributed by atoms with Crippen LogP contribution in [0.3, 0.4) is 0 Å². The molecule has 0 radical (unpaired) electrons. The van der Waals surface area contributed by atoms with Gasteiger partial charge in [-0.1, -0.05) is 78.9 Å². The van der Waals surface area contributed by atoms with Crippen molar-refractivity contribution < 1.29 is 0 Å². The van der Waals surface area contributed by atoms with Gasteiger partial charge in [-0.3, -0.25) is 0 Å². The van der Waals surface area contributed by atoms with Crippen LogP contribution in [0.5, 0.6) is 0 Å². The van der Waals surface area contributed by atoms with Gasteiger partial charge in [0, 0.05) is 74.5 Å². The average molecular weight is 625 g/mol. The fourth-order valence-electron chi connectivity index (χ4n) is 6.51. The van der Waals surface area contributed by atoms with Crippen LogP contribution in [-0.2, 0) is 0 Å². The summed E-state index contributed by atoms with van der Waals surface area (Å²) in [5, 5.41) is 5.17. The summed E-state index contributed by atoms with van der Waals surface area (Å²) in [6, 6.07) is 61.3. The second-order valence-corrected chi connectivity index (χ2v) is 13.6. The van der Waals surface area contributed by atoms with E-state index >= 15 is 0 Å². The number of thiophene rings is 2. The molecule has 0 aliphatic heterocycles. The number of rotatable bonds is 6. The van der Waals surface area contributed by atoms with E-state index in [-0.39, 0.29) is 0 Å². The summed E-state index contributed by atoms with van der Waals surface area (Å²) in [5.74, 6) is 0. The molecule has 46 heavy (non-hydrogen) atoms. The van der Waals surface area contributed by atoms with Crippen molar-refractivity contribution in [2.24, 2.45) is 0 Å². The van der Waals surface area contributed by atoms with E-state index in [0.29, 0.717) is 0 Å². The lowest BCUT2D eigenvalue weighted by Gasteiger charge is -2.26. The van der Waals surface area contributed by atoms with E-state index in [9.17, 15) is 0 Å². The fraction of sp³-hybridized carbons (Fsp3) is 0. The predicted octanol–water partition coefficient (Wildman–Crippen LogP) is 13.4. The molecule has 0 amide bonds. The van der Waals surface area contributed by atoms with Crippen LogP contribution in [0.25, 0.3) is 40.3 Å². The van der Waals surface area contributed by atoms with Crippen LogP contribution < -0.4 is 9.80 Å². The zero-order chi connectivity index (χ0) is 30.5. The maximum absolute atomic E-state index is 2.38. The van der Waals surface area contributed by atoms with E-state index in [1.165, 1.54) is 40.3 Å². The summed E-state index contributed by atoms with van der Waals surface area (Å²) in [7, 11) is 0. The molecular formula is C42H28N2S2. The van der Waals surface area contributed by atoms with Gasteiger partial charge in [0.15, 0.2) is 0 Å². The highest BCUT2D eigenvalue weighted by Gasteiger charge is 2.18. The number of benzene rings is 7. The average Bonchev–Trinajstić information content (AvgIpc) is 3.67. The van der Waals surface area contributed by atoms with Gasteiger partial charge in [0.2, 0.25) is 0 Å². The first kappa shape index (κ1) is 26.9. The van der Waals surface area contributed by atoms with Crippen molar-refractivity contribution >= 4 is 97.1 Å². The first-order valence-electron chi connectivity index (χ1n) is 15.4. The molecular weight excluding hydrogens is 597 g/mol. The van der Waals surface area contributed by atoms with Crippen LogP contribution in [-0.4, -0.2) is 0 Å². The first-order chi connectivity index (χ1) is 22.8. The monoisotopic (exact) mass is 624 g/mol. The highest BCUT2D eigenvalue weighted by Crippen LogP contribution is 2.44. The van der Waals surface area contributed by atoms with Crippen LogP contribution >= 0.6 is 22.7 Å². The quantitative estimate of drug-likeness (QED) is 0.182. The number of hydrogen-bond acceptors (Lipinski definition) is 4. The Morgan fingerprint density at radius 2 is 0.652 bits per heavy atom. The maximum Gasteiger partial charge on any atom is 0.0476 e. The second-order valence-electron chi connectivity index (χ2n) is 11.4. The molecule has 0 bridgehead atoms. The smallest absolute Gasteiger partial charge is 0.0476 e. The minimum Gasteiger partial charge on any atom is -0.310 e. The van der Waals surface area contributed by atoms with Gasteiger partial charge in [0.25, 0.3) is 0 Å². The van der Waals surface area contributed by atoms with E-state index in [1.54, 1.807) is 0 Å². The van der Waals surface area contributed by atoms with Crippen LogP contribution in [0.4, 0.5) is 34.1 Å². The zero-order valence-electron chi connectivity index (χ0n) is 24.9. The molecule has 0 saturated carbocycles. The van der Waals surface area contributed by atoms with Crippen LogP contribution in [0, 0.1) is 0 Å². The molecule has 0 N–H and O–H groups in total. The molecule has 9 rings (SSSR count). The third kappa shape index (κ3) is 4.62. The number of nitrogens with zero attached hydrogens (tertiary/aromatic N) is 2. The molecule has 2 heterocycles. The highest BCUT2D eigenvalue weighted by molar-refractivity contribution is 7.26. The molecule has 2 nitrogen and oxygen atoms in total. The molecule has 0 spiro atoms. The molecule has 7 aromatic carbocycles. The number of para-hydroxylation sites is 3. The molecule has 0 fully saturated rings. The van der Waals surface area contributed by atoms with Crippen molar-refractivity contribution in [1.82, 2.24) is 0 Å². The molecule has 0 atom stereocenters. The summed E-state index contributed by atoms with van der Waals surface area (Å²) in [4.78, 5) is 4.71. The van der Waals surface area contributed by atoms with Crippen LogP contribution in [0.2, 0.25) is 0 Å². The van der Waals surface area contributed by atoms with Gasteiger partial charge in [-0.25, -0.2) is 0 Å². The lowest BCUT2D eigenvalue weighted by atomic mass is 10.1. The Labute approximate surface area is 275 Å². The Kier molecular flexibility index (Phi) is 6.55. The Bertz CT molecular complexity index is 2440. The summed E-state index contributed by atoms with van der Waals surface area (Å²) in [6.45, 7) is 0. The number of hydrogen-bond donors (Lipinski definition) is 0. The normalized spacial score (nSPS) is 11.5. The molecule has 0 aliphatic rings. The number of fused-ring (bicyclic) bond motifs is 6. The molecule has 9 aromatic rings. The van der Waals surface area contributed by atoms with Crippen molar-refractivity contribution in [2.75, 3.05) is 9.80 Å². The third-order valence-corrected chi connectivity index (χ3v) is 10.9. The van der Waals surface area contributed by atoms with Crippen molar-refractivity contribution in [3.63, 3.8) is 0 Å². The lowest BCUT2D eigenvalue weighted by molar-refractivity contribution is 1.29. The lowest BCUT2D eigenvalue weighted by Crippen LogP contribution is -2.09. The van der Waals surface area contributed by atoms with E-state index in [4.69, 9.17) is 0 Å². The van der Waals surface area contributed by atoms with Gasteiger partial charge in [-0.2, -0.15) is 0 Å². The van der Waals surface area contributed by atoms with E-state index in [2.05, 4.69) is 180 Å². The second kappa shape index (κ2) is 11.2. The summed E-state index contributed by atoms with van der Waals surface area (Å²) in [6.07, 6.45) is 0. The van der Waals surface area contributed by atoms with E-state index < -0.39 is 0 Å². The summed E-state index contributed by atoms with van der Waals surface area (Å²) >= 11 is 3.71. The summed E-state index contributed by atoms with van der Waals surface area (Å²) < 4.78 is 5.20. The molecule has 218 valence electrons. The Balaban J connectivity index is 1.18. The minimum absolute atomic E-state index is 1.14. The SMILES string of the molecule is c1ccc(N(c2ccccc2)c2ccc3c(c2)sc2ccc(N(c4ccccc4)c4ccc5sc6ccccc6c5c4)cc23)cc1. The Hall–Kier alpha value is -5.42. The molecule has 0 saturated heterocycles. The van der Waals surface area contributed by atoms with Crippen molar-refractivity contribution in [3.05, 3.63) is 170 Å². The maximum atomic E-state index is 2.38. The Morgan fingerprint density at radius 3 is 1.22 bits per heavy atom. The van der Waals surface area contributed by atoms with Crippen molar-refractivity contribution in [1.29, 1.82) is 0 Å². The molecule has 4 heteroatoms. The zero-order valence-corrected chi connectivity index (χ0v) is 26.5. The largest absolute Gasteiger partial charge is 0.310 e. The number of anilines is 6. The molecule has 2 aromatic heterocycles. The van der Waals surface area contributed by atoms with Crippen LogP contribution in [0.15, 0.2) is 170 Å². The van der Waals surface area contributed by atoms with E-state index in [1.807, 2.05) is 22.7 Å². The van der Waals surface area contributed by atoms with Gasteiger partial charge in [0.1, 0.15) is 0 Å². The third-order valence-electron chi connectivity index (χ3n) is 8.62. The van der Waals surface area contributed by atoms with Gasteiger partial charge >= 0.3 is 0 Å². The standard InChI is InChI=1S/C42H28N2S2/c1-4-12-29(13-5-1)43(30-14-6-2-7-15-30)34-20-23-36-38-27-33(22-25-41(38)46-42(36)28-34)44(31-16-8-3-9-17-31)32-21-24-40-37(26-32)35-18-10-11-19-39(35)45-40/h1-28H.